The molecule has 0 heterocycles. The Kier molecular flexibility index (Phi) is 5.32. The molecule has 1 amide bonds. The van der Waals surface area contributed by atoms with Crippen molar-refractivity contribution >= 4 is 5.91 Å². The van der Waals surface area contributed by atoms with Crippen molar-refractivity contribution in [3.63, 3.8) is 0 Å². The molecule has 0 spiro atoms. The van der Waals surface area contributed by atoms with E-state index in [1.165, 1.54) is 14.2 Å². The monoisotopic (exact) mass is 274 g/mol. The lowest BCUT2D eigenvalue weighted by Crippen LogP contribution is -2.76. The summed E-state index contributed by atoms with van der Waals surface area (Å²) in [4.78, 5) is 12.2. The molecule has 3 N–H and O–H groups in total. The first-order chi connectivity index (χ1) is 8.83. The summed E-state index contributed by atoms with van der Waals surface area (Å²) in [5.74, 6) is -0.187. The van der Waals surface area contributed by atoms with Gasteiger partial charge in [-0.15, -0.1) is 0 Å². The van der Waals surface area contributed by atoms with Crippen LogP contribution in [0.5, 0.6) is 0 Å². The minimum absolute atomic E-state index is 0.0221. The molecule has 0 radical (unpaired) electrons. The molecule has 19 heavy (non-hydrogen) atoms. The Labute approximate surface area is 115 Å². The highest BCUT2D eigenvalue weighted by atomic mass is 16.7. The van der Waals surface area contributed by atoms with Crippen molar-refractivity contribution in [3.8, 4) is 0 Å². The van der Waals surface area contributed by atoms with Gasteiger partial charge in [-0.3, -0.25) is 4.79 Å². The zero-order valence-electron chi connectivity index (χ0n) is 12.5. The zero-order chi connectivity index (χ0) is 14.7. The van der Waals surface area contributed by atoms with Crippen LogP contribution in [-0.4, -0.2) is 51.2 Å². The van der Waals surface area contributed by atoms with Gasteiger partial charge < -0.3 is 25.3 Å². The van der Waals surface area contributed by atoms with Crippen molar-refractivity contribution in [2.45, 2.75) is 45.1 Å². The predicted molar refractivity (Wildman–Crippen MR) is 71.5 cm³/mol. The summed E-state index contributed by atoms with van der Waals surface area (Å²) in [6.07, 6.45) is 0.0944. The van der Waals surface area contributed by atoms with Gasteiger partial charge in [0.1, 0.15) is 5.54 Å². The first kappa shape index (κ1) is 16.4. The Morgan fingerprint density at radius 1 is 1.42 bits per heavy atom. The number of carbonyl (C=O) groups excluding carboxylic acids is 1. The molecule has 0 bridgehead atoms. The van der Waals surface area contributed by atoms with E-state index in [2.05, 4.69) is 5.32 Å². The van der Waals surface area contributed by atoms with Crippen molar-refractivity contribution < 1.29 is 19.0 Å². The van der Waals surface area contributed by atoms with Gasteiger partial charge >= 0.3 is 0 Å². The lowest BCUT2D eigenvalue weighted by molar-refractivity contribution is -0.172. The summed E-state index contributed by atoms with van der Waals surface area (Å²) in [7, 11) is 3.05. The highest BCUT2D eigenvalue weighted by molar-refractivity contribution is 5.88. The fourth-order valence-corrected chi connectivity index (χ4v) is 2.42. The summed E-state index contributed by atoms with van der Waals surface area (Å²) < 4.78 is 15.6. The molecule has 1 rings (SSSR count). The van der Waals surface area contributed by atoms with Crippen LogP contribution in [0.1, 0.15) is 27.2 Å². The van der Waals surface area contributed by atoms with E-state index in [0.29, 0.717) is 13.0 Å². The fraction of sp³-hybridized carbons (Fsp3) is 0.923. The van der Waals surface area contributed by atoms with Crippen LogP contribution < -0.4 is 11.1 Å². The molecule has 6 heteroatoms. The minimum atomic E-state index is -0.904. The number of nitrogens with one attached hydrogen (secondary N) is 1. The third-order valence-corrected chi connectivity index (χ3v) is 4.19. The van der Waals surface area contributed by atoms with E-state index in [1.807, 2.05) is 20.8 Å². The molecular weight excluding hydrogens is 248 g/mol. The van der Waals surface area contributed by atoms with Gasteiger partial charge in [0.05, 0.1) is 12.6 Å². The molecule has 6 nitrogen and oxygen atoms in total. The Morgan fingerprint density at radius 3 is 2.42 bits per heavy atom. The van der Waals surface area contributed by atoms with E-state index >= 15 is 0 Å². The van der Waals surface area contributed by atoms with Crippen molar-refractivity contribution in [2.75, 3.05) is 27.4 Å². The minimum Gasteiger partial charge on any atom is -0.378 e. The average Bonchev–Trinajstić information content (AvgIpc) is 2.39. The highest BCUT2D eigenvalue weighted by Crippen LogP contribution is 2.49. The number of carbonyl (C=O) groups is 1. The van der Waals surface area contributed by atoms with E-state index in [0.717, 1.165) is 0 Å². The molecule has 1 aliphatic rings. The number of amides is 1. The Hall–Kier alpha value is -0.690. The van der Waals surface area contributed by atoms with Crippen LogP contribution in [0.25, 0.3) is 0 Å². The lowest BCUT2D eigenvalue weighted by Gasteiger charge is -2.57. The van der Waals surface area contributed by atoms with Gasteiger partial charge in [-0.05, 0) is 6.92 Å². The van der Waals surface area contributed by atoms with E-state index in [-0.39, 0.29) is 24.0 Å². The van der Waals surface area contributed by atoms with Crippen LogP contribution in [0, 0.1) is 5.41 Å². The number of hydrogen-bond acceptors (Lipinski definition) is 5. The van der Waals surface area contributed by atoms with Crippen LogP contribution in [0.3, 0.4) is 0 Å². The van der Waals surface area contributed by atoms with Crippen molar-refractivity contribution in [2.24, 2.45) is 11.1 Å². The SMILES string of the molecule is CCOC1CC(N)(C(=O)NCC(OC)OC)C1(C)C. The maximum Gasteiger partial charge on any atom is 0.241 e. The molecule has 2 unspecified atom stereocenters. The van der Waals surface area contributed by atoms with Crippen LogP contribution in [0.2, 0.25) is 0 Å². The number of methoxy groups -OCH3 is 2. The predicted octanol–water partition coefficient (Wildman–Crippen LogP) is 0.254. The molecule has 0 aromatic heterocycles. The average molecular weight is 274 g/mol. The quantitative estimate of drug-likeness (QED) is 0.650. The third kappa shape index (κ3) is 2.91. The second-order valence-corrected chi connectivity index (χ2v) is 5.45. The maximum atomic E-state index is 12.2. The molecule has 0 saturated heterocycles. The summed E-state index contributed by atoms with van der Waals surface area (Å²) in [6, 6.07) is 0. The summed E-state index contributed by atoms with van der Waals surface area (Å²) in [5.41, 5.74) is 4.95. The molecule has 112 valence electrons. The van der Waals surface area contributed by atoms with Gasteiger partial charge in [0, 0.05) is 32.7 Å². The van der Waals surface area contributed by atoms with Gasteiger partial charge in [-0.2, -0.15) is 0 Å². The van der Waals surface area contributed by atoms with Crippen molar-refractivity contribution in [1.29, 1.82) is 0 Å². The Bertz CT molecular complexity index is 318. The molecule has 1 fully saturated rings. The maximum absolute atomic E-state index is 12.2. The van der Waals surface area contributed by atoms with Crippen LogP contribution in [0.15, 0.2) is 0 Å². The normalized spacial score (nSPS) is 29.1. The lowest BCUT2D eigenvalue weighted by atomic mass is 9.54. The van der Waals surface area contributed by atoms with Crippen molar-refractivity contribution in [1.82, 2.24) is 5.32 Å². The van der Waals surface area contributed by atoms with Crippen molar-refractivity contribution in [3.05, 3.63) is 0 Å². The molecule has 2 atom stereocenters. The number of hydrogen-bond donors (Lipinski definition) is 2. The Balaban J connectivity index is 2.57. The first-order valence-corrected chi connectivity index (χ1v) is 6.57. The summed E-state index contributed by atoms with van der Waals surface area (Å²) in [5, 5.41) is 2.78. The summed E-state index contributed by atoms with van der Waals surface area (Å²) in [6.45, 7) is 6.76. The Morgan fingerprint density at radius 2 is 2.00 bits per heavy atom. The van der Waals surface area contributed by atoms with E-state index in [4.69, 9.17) is 19.9 Å². The molecule has 0 aromatic rings. The zero-order valence-corrected chi connectivity index (χ0v) is 12.5. The van der Waals surface area contributed by atoms with Crippen LogP contribution in [-0.2, 0) is 19.0 Å². The van der Waals surface area contributed by atoms with Crippen LogP contribution in [0.4, 0.5) is 0 Å². The van der Waals surface area contributed by atoms with E-state index < -0.39 is 11.8 Å². The van der Waals surface area contributed by atoms with E-state index in [1.54, 1.807) is 0 Å². The van der Waals surface area contributed by atoms with Gasteiger partial charge in [0.25, 0.3) is 0 Å². The third-order valence-electron chi connectivity index (χ3n) is 4.19. The molecule has 1 aliphatic carbocycles. The fourth-order valence-electron chi connectivity index (χ4n) is 2.42. The van der Waals surface area contributed by atoms with E-state index in [9.17, 15) is 4.79 Å². The smallest absolute Gasteiger partial charge is 0.241 e. The summed E-state index contributed by atoms with van der Waals surface area (Å²) >= 11 is 0. The number of rotatable bonds is 7. The molecular formula is C13H26N2O4. The molecule has 0 aromatic carbocycles. The topological polar surface area (TPSA) is 82.8 Å². The largest absolute Gasteiger partial charge is 0.378 e. The molecule has 0 aliphatic heterocycles. The van der Waals surface area contributed by atoms with Gasteiger partial charge in [0.2, 0.25) is 5.91 Å². The van der Waals surface area contributed by atoms with Gasteiger partial charge in [-0.25, -0.2) is 0 Å². The highest BCUT2D eigenvalue weighted by Gasteiger charge is 2.62. The number of ether oxygens (including phenoxy) is 3. The second kappa shape index (κ2) is 6.17. The first-order valence-electron chi connectivity index (χ1n) is 6.57. The van der Waals surface area contributed by atoms with Gasteiger partial charge in [-0.1, -0.05) is 13.8 Å². The van der Waals surface area contributed by atoms with Gasteiger partial charge in [0.15, 0.2) is 6.29 Å². The van der Waals surface area contributed by atoms with Crippen LogP contribution >= 0.6 is 0 Å². The number of nitrogens with two attached hydrogens (primary N) is 1. The standard InChI is InChI=1S/C13H26N2O4/c1-6-19-9-7-13(14,12(9,2)3)11(16)15-8-10(17-4)18-5/h9-10H,6-8,14H2,1-5H3,(H,15,16). The molecule has 1 saturated carbocycles. The second-order valence-electron chi connectivity index (χ2n) is 5.45.